The number of fused-ring (bicyclic) bond motifs is 7. The number of piperidine rings is 1. The zero-order valence-electron chi connectivity index (χ0n) is 35.4. The summed E-state index contributed by atoms with van der Waals surface area (Å²) in [5, 5.41) is 27.1. The second kappa shape index (κ2) is 16.1. The van der Waals surface area contributed by atoms with Gasteiger partial charge in [-0.05, 0) is 134 Å². The molecule has 7 aliphatic rings. The molecule has 3 saturated carbocycles. The number of aliphatic hydroxyl groups is 2. The van der Waals surface area contributed by atoms with Crippen LogP contribution in [0.4, 0.5) is 0 Å². The molecule has 318 valence electrons. The lowest BCUT2D eigenvalue weighted by Gasteiger charge is -2.59. The van der Waals surface area contributed by atoms with Crippen LogP contribution in [0, 0.1) is 46.3 Å². The van der Waals surface area contributed by atoms with Gasteiger partial charge >= 0.3 is 0 Å². The van der Waals surface area contributed by atoms with Crippen LogP contribution in [0.1, 0.15) is 96.6 Å². The number of rotatable bonds is 10. The Hall–Kier alpha value is -2.54. The van der Waals surface area contributed by atoms with Gasteiger partial charge in [0.1, 0.15) is 35.5 Å². The first-order valence-corrected chi connectivity index (χ1v) is 22.2. The summed E-state index contributed by atoms with van der Waals surface area (Å²) >= 11 is 0. The smallest absolute Gasteiger partial charge is 0.189 e. The van der Waals surface area contributed by atoms with Crippen LogP contribution < -0.4 is 14.8 Å². The van der Waals surface area contributed by atoms with Gasteiger partial charge in [0.05, 0.1) is 39.6 Å². The molecule has 2 aromatic carbocycles. The Kier molecular flexibility index (Phi) is 11.3. The third-order valence-corrected chi connectivity index (χ3v) is 16.5. The topological polar surface area (TPSA) is 117 Å². The predicted molar refractivity (Wildman–Crippen MR) is 219 cm³/mol. The van der Waals surface area contributed by atoms with Crippen LogP contribution in [0.5, 0.6) is 11.5 Å². The number of aliphatic hydroxyl groups excluding tert-OH is 2. The summed E-state index contributed by atoms with van der Waals surface area (Å²) in [6.45, 7) is 11.4. The molecule has 1 spiro atoms. The number of hydrogen-bond acceptors (Lipinski definition) is 10. The molecule has 0 bridgehead atoms. The molecular weight excluding hydrogens is 735 g/mol. The van der Waals surface area contributed by atoms with Gasteiger partial charge < -0.3 is 43.4 Å². The Morgan fingerprint density at radius 1 is 0.793 bits per heavy atom. The molecule has 3 heterocycles. The van der Waals surface area contributed by atoms with Crippen LogP contribution in [0.3, 0.4) is 0 Å². The van der Waals surface area contributed by atoms with E-state index >= 15 is 0 Å². The first-order valence-electron chi connectivity index (χ1n) is 22.2. The molecule has 6 fully saturated rings. The monoisotopic (exact) mass is 801 g/mol. The third-order valence-electron chi connectivity index (χ3n) is 16.5. The van der Waals surface area contributed by atoms with Crippen molar-refractivity contribution in [1.82, 2.24) is 5.32 Å². The highest BCUT2D eigenvalue weighted by Gasteiger charge is 2.68. The van der Waals surface area contributed by atoms with Crippen LogP contribution in [-0.4, -0.2) is 79.8 Å². The summed E-state index contributed by atoms with van der Waals surface area (Å²) in [4.78, 5) is 0. The molecule has 3 saturated heterocycles. The van der Waals surface area contributed by atoms with Gasteiger partial charge in [-0.3, -0.25) is 5.32 Å². The standard InChI is InChI=1S/C48H67NO9/c1-28-17-22-48(49-25-28)29(2)40-39(58-48)24-38-36-16-11-32-23-35(18-20-46(32,3)37(36)19-21-47(38,40)4)56-45-42(51)43(54-26-30-7-12-33(52-5)13-8-30)41(50)44(57-45)55-27-31-9-14-34(53-6)15-10-31/h7-15,28-29,35-45,49-51H,16-27H2,1-6H3/t28-,29+,35+,36?,37?,38?,39+,40+,41+,42-,43+,44+,45-,46+,47+,48-/m1/s1. The van der Waals surface area contributed by atoms with E-state index in [0.29, 0.717) is 41.1 Å². The van der Waals surface area contributed by atoms with Gasteiger partial charge in [-0.25, -0.2) is 0 Å². The number of ether oxygens (including phenoxy) is 7. The lowest BCUT2D eigenvalue weighted by atomic mass is 9.47. The highest BCUT2D eigenvalue weighted by atomic mass is 16.8. The molecular formula is C48H67NO9. The van der Waals surface area contributed by atoms with E-state index in [1.807, 2.05) is 48.5 Å². The molecule has 3 aliphatic heterocycles. The Labute approximate surface area is 345 Å². The number of benzene rings is 2. The van der Waals surface area contributed by atoms with E-state index in [4.69, 9.17) is 33.2 Å². The van der Waals surface area contributed by atoms with Crippen molar-refractivity contribution < 1.29 is 43.4 Å². The average molecular weight is 802 g/mol. The van der Waals surface area contributed by atoms with Crippen LogP contribution in [0.25, 0.3) is 0 Å². The van der Waals surface area contributed by atoms with Gasteiger partial charge in [0.2, 0.25) is 0 Å². The van der Waals surface area contributed by atoms with Crippen molar-refractivity contribution in [2.45, 2.75) is 148 Å². The van der Waals surface area contributed by atoms with E-state index < -0.39 is 30.9 Å². The van der Waals surface area contributed by atoms with Crippen molar-refractivity contribution >= 4 is 0 Å². The van der Waals surface area contributed by atoms with Crippen molar-refractivity contribution in [3.05, 3.63) is 71.3 Å². The molecule has 3 N–H and O–H groups in total. The maximum atomic E-state index is 11.7. The quantitative estimate of drug-likeness (QED) is 0.208. The zero-order chi connectivity index (χ0) is 40.4. The van der Waals surface area contributed by atoms with Gasteiger partial charge in [-0.2, -0.15) is 0 Å². The minimum atomic E-state index is -1.24. The predicted octanol–water partition coefficient (Wildman–Crippen LogP) is 7.53. The normalized spacial score (nSPS) is 44.5. The molecule has 10 heteroatoms. The van der Waals surface area contributed by atoms with E-state index in [9.17, 15) is 10.2 Å². The van der Waals surface area contributed by atoms with Gasteiger partial charge in [0, 0.05) is 12.5 Å². The minimum Gasteiger partial charge on any atom is -0.497 e. The van der Waals surface area contributed by atoms with Gasteiger partial charge in [-0.1, -0.05) is 63.6 Å². The minimum absolute atomic E-state index is 0.129. The Morgan fingerprint density at radius 2 is 1.47 bits per heavy atom. The fourth-order valence-corrected chi connectivity index (χ4v) is 13.2. The van der Waals surface area contributed by atoms with Crippen LogP contribution in [0.15, 0.2) is 60.2 Å². The summed E-state index contributed by atoms with van der Waals surface area (Å²) in [5.74, 6) is 5.40. The molecule has 9 rings (SSSR count). The van der Waals surface area contributed by atoms with Crippen molar-refractivity contribution in [3.63, 3.8) is 0 Å². The molecule has 0 amide bonds. The lowest BCUT2D eigenvalue weighted by molar-refractivity contribution is -0.365. The van der Waals surface area contributed by atoms with Crippen LogP contribution in [0.2, 0.25) is 0 Å². The summed E-state index contributed by atoms with van der Waals surface area (Å²) in [6.07, 6.45) is 7.23. The maximum Gasteiger partial charge on any atom is 0.189 e. The van der Waals surface area contributed by atoms with Crippen molar-refractivity contribution in [2.24, 2.45) is 46.3 Å². The zero-order valence-corrected chi connectivity index (χ0v) is 35.4. The second-order valence-corrected chi connectivity index (χ2v) is 19.6. The summed E-state index contributed by atoms with van der Waals surface area (Å²) in [6, 6.07) is 15.1. The number of nitrogens with one attached hydrogen (secondary N) is 1. The number of hydrogen-bond donors (Lipinski definition) is 3. The SMILES string of the molecule is COc1ccc(CO[C@H]2O[C@@H](O[C@H]3CC[C@@]4(C)C(=CCC5C4CC[C@@]4(C)C5C[C@@H]5O[C@]6(CC[C@@H](C)CN6)[C@@H](C)[C@@H]54)C3)[C@H](O)[C@@H](OCc3ccc(OC)cc3)[C@@H]2O)cc1. The third kappa shape index (κ3) is 7.15. The highest BCUT2D eigenvalue weighted by molar-refractivity contribution is 5.29. The van der Waals surface area contributed by atoms with Crippen LogP contribution in [-0.2, 0) is 36.9 Å². The summed E-state index contributed by atoms with van der Waals surface area (Å²) in [7, 11) is 3.26. The fourth-order valence-electron chi connectivity index (χ4n) is 13.2. The van der Waals surface area contributed by atoms with E-state index in [2.05, 4.69) is 39.1 Å². The Bertz CT molecular complexity index is 1760. The largest absolute Gasteiger partial charge is 0.497 e. The number of methoxy groups -OCH3 is 2. The van der Waals surface area contributed by atoms with E-state index in [0.717, 1.165) is 67.2 Å². The molecule has 4 aliphatic carbocycles. The summed E-state index contributed by atoms with van der Waals surface area (Å²) < 4.78 is 43.2. The van der Waals surface area contributed by atoms with Crippen molar-refractivity contribution in [3.8, 4) is 11.5 Å². The molecule has 0 radical (unpaired) electrons. The first-order chi connectivity index (χ1) is 27.9. The lowest BCUT2D eigenvalue weighted by Crippen LogP contribution is -2.60. The van der Waals surface area contributed by atoms with Gasteiger partial charge in [-0.15, -0.1) is 0 Å². The summed E-state index contributed by atoms with van der Waals surface area (Å²) in [5.41, 5.74) is 3.61. The molecule has 10 nitrogen and oxygen atoms in total. The number of allylic oxidation sites excluding steroid dienone is 1. The van der Waals surface area contributed by atoms with Gasteiger partial charge in [0.15, 0.2) is 12.6 Å². The molecule has 0 aromatic heterocycles. The Morgan fingerprint density at radius 3 is 2.12 bits per heavy atom. The molecule has 3 unspecified atom stereocenters. The second-order valence-electron chi connectivity index (χ2n) is 19.6. The van der Waals surface area contributed by atoms with Crippen molar-refractivity contribution in [1.29, 1.82) is 0 Å². The van der Waals surface area contributed by atoms with Gasteiger partial charge in [0.25, 0.3) is 0 Å². The maximum absolute atomic E-state index is 11.7. The highest BCUT2D eigenvalue weighted by Crippen LogP contribution is 2.70. The van der Waals surface area contributed by atoms with E-state index in [1.165, 1.54) is 31.3 Å². The molecule has 58 heavy (non-hydrogen) atoms. The average Bonchev–Trinajstić information content (AvgIpc) is 3.68. The van der Waals surface area contributed by atoms with Crippen LogP contribution >= 0.6 is 0 Å². The Balaban J connectivity index is 0.879. The van der Waals surface area contributed by atoms with E-state index in [-0.39, 0.29) is 30.5 Å². The molecule has 2 aromatic rings. The van der Waals surface area contributed by atoms with E-state index in [1.54, 1.807) is 14.2 Å². The fraction of sp³-hybridized carbons (Fsp3) is 0.708. The van der Waals surface area contributed by atoms with Crippen molar-refractivity contribution in [2.75, 3.05) is 20.8 Å². The molecule has 16 atom stereocenters. The first kappa shape index (κ1) is 40.8.